The van der Waals surface area contributed by atoms with Crippen LogP contribution in [-0.4, -0.2) is 64.3 Å². The van der Waals surface area contributed by atoms with E-state index in [2.05, 4.69) is 47.1 Å². The zero-order valence-electron chi connectivity index (χ0n) is 18.4. The van der Waals surface area contributed by atoms with E-state index in [1.807, 2.05) is 41.9 Å². The van der Waals surface area contributed by atoms with Crippen LogP contribution < -0.4 is 10.2 Å². The number of rotatable bonds is 4. The highest BCUT2D eigenvalue weighted by atomic mass is 16.2. The average Bonchev–Trinajstić information content (AvgIpc) is 3.29. The monoisotopic (exact) mass is 398 g/mol. The van der Waals surface area contributed by atoms with Crippen LogP contribution in [0.2, 0.25) is 0 Å². The summed E-state index contributed by atoms with van der Waals surface area (Å²) in [6.07, 6.45) is 5.63. The molecular weight excluding hydrogens is 364 g/mol. The van der Waals surface area contributed by atoms with Crippen molar-refractivity contribution in [3.63, 3.8) is 0 Å². The Kier molecular flexibility index (Phi) is 6.70. The van der Waals surface area contributed by atoms with Crippen molar-refractivity contribution in [3.8, 4) is 0 Å². The maximum atomic E-state index is 13.1. The first-order valence-electron chi connectivity index (χ1n) is 10.7. The predicted molar refractivity (Wildman–Crippen MR) is 116 cm³/mol. The van der Waals surface area contributed by atoms with Gasteiger partial charge in [0, 0.05) is 61.8 Å². The second-order valence-electron chi connectivity index (χ2n) is 8.35. The van der Waals surface area contributed by atoms with E-state index in [4.69, 9.17) is 0 Å². The van der Waals surface area contributed by atoms with Crippen molar-refractivity contribution in [3.05, 3.63) is 42.0 Å². The van der Waals surface area contributed by atoms with Crippen molar-refractivity contribution in [2.45, 2.75) is 52.6 Å². The van der Waals surface area contributed by atoms with E-state index in [0.29, 0.717) is 25.7 Å². The summed E-state index contributed by atoms with van der Waals surface area (Å²) in [5.41, 5.74) is 2.99. The summed E-state index contributed by atoms with van der Waals surface area (Å²) < 4.78 is 1.85. The number of fused-ring (bicyclic) bond motifs is 1. The van der Waals surface area contributed by atoms with Gasteiger partial charge in [-0.25, -0.2) is 0 Å². The van der Waals surface area contributed by atoms with Gasteiger partial charge in [0.05, 0.1) is 24.5 Å². The van der Waals surface area contributed by atoms with Gasteiger partial charge < -0.3 is 10.2 Å². The maximum Gasteiger partial charge on any atom is 0.241 e. The molecule has 7 nitrogen and oxygen atoms in total. The number of pyridine rings is 1. The lowest BCUT2D eigenvalue weighted by molar-refractivity contribution is -0.120. The topological polar surface area (TPSA) is 66.3 Å². The number of nitrogens with one attached hydrogen (secondary N) is 1. The first-order valence-corrected chi connectivity index (χ1v) is 10.7. The molecule has 0 bridgehead atoms. The lowest BCUT2D eigenvalue weighted by Gasteiger charge is -2.32. The number of amides is 1. The number of hydrogen-bond donors (Lipinski definition) is 1. The van der Waals surface area contributed by atoms with Crippen LogP contribution >= 0.6 is 0 Å². The molecular formula is C22H34N6O. The van der Waals surface area contributed by atoms with E-state index >= 15 is 0 Å². The van der Waals surface area contributed by atoms with Gasteiger partial charge in [0.1, 0.15) is 0 Å². The molecule has 2 aliphatic heterocycles. The lowest BCUT2D eigenvalue weighted by atomic mass is 9.88. The number of piperazine rings is 1. The molecule has 0 aliphatic carbocycles. The molecule has 4 heterocycles. The second-order valence-corrected chi connectivity index (χ2v) is 8.35. The van der Waals surface area contributed by atoms with Gasteiger partial charge in [-0.1, -0.05) is 27.7 Å². The minimum absolute atomic E-state index is 0.0844. The van der Waals surface area contributed by atoms with E-state index in [-0.39, 0.29) is 11.3 Å². The van der Waals surface area contributed by atoms with Gasteiger partial charge in [0.25, 0.3) is 0 Å². The van der Waals surface area contributed by atoms with Crippen LogP contribution in [0.15, 0.2) is 30.7 Å². The minimum Gasteiger partial charge on any atom is -0.312 e. The van der Waals surface area contributed by atoms with Crippen molar-refractivity contribution in [1.82, 2.24) is 25.0 Å². The quantitative estimate of drug-likeness (QED) is 0.856. The van der Waals surface area contributed by atoms with Crippen LogP contribution in [0.5, 0.6) is 0 Å². The van der Waals surface area contributed by atoms with Gasteiger partial charge >= 0.3 is 0 Å². The maximum absolute atomic E-state index is 13.1. The first-order chi connectivity index (χ1) is 13.9. The molecule has 0 unspecified atom stereocenters. The Hall–Kier alpha value is -2.25. The number of aromatic nitrogens is 3. The highest BCUT2D eigenvalue weighted by molar-refractivity contribution is 5.97. The molecule has 29 heavy (non-hydrogen) atoms. The molecule has 2 aromatic heterocycles. The van der Waals surface area contributed by atoms with Gasteiger partial charge in [-0.3, -0.25) is 19.4 Å². The fraction of sp³-hybridized carbons (Fsp3) is 0.591. The van der Waals surface area contributed by atoms with Crippen LogP contribution in [0.1, 0.15) is 45.9 Å². The standard InChI is InChI=1S/C20H28N6O.C2H6/c1-15-11-24(8-6-21-15)13-19(27)26-14-20(2,3)17-10-22-16(9-18(17)26)12-25-7-4-5-23-25;1-2/h4-5,7,9-10,15,21H,6,8,11-14H2,1-3H3;1-2H3/t15-;/m1./s1. The second kappa shape index (κ2) is 9.05. The number of nitrogens with zero attached hydrogens (tertiary/aromatic N) is 5. The summed E-state index contributed by atoms with van der Waals surface area (Å²) in [4.78, 5) is 22.0. The zero-order valence-corrected chi connectivity index (χ0v) is 18.4. The van der Waals surface area contributed by atoms with E-state index in [1.165, 1.54) is 0 Å². The van der Waals surface area contributed by atoms with E-state index in [9.17, 15) is 4.79 Å². The van der Waals surface area contributed by atoms with E-state index in [1.54, 1.807) is 6.20 Å². The smallest absolute Gasteiger partial charge is 0.241 e. The van der Waals surface area contributed by atoms with Crippen LogP contribution in [0, 0.1) is 0 Å². The normalized spacial score (nSPS) is 20.7. The Balaban J connectivity index is 0.00000117. The zero-order chi connectivity index (χ0) is 21.0. The van der Waals surface area contributed by atoms with Gasteiger partial charge in [-0.05, 0) is 19.1 Å². The fourth-order valence-corrected chi connectivity index (χ4v) is 4.10. The molecule has 2 aromatic rings. The Morgan fingerprint density at radius 3 is 2.83 bits per heavy atom. The predicted octanol–water partition coefficient (Wildman–Crippen LogP) is 2.27. The van der Waals surface area contributed by atoms with Crippen LogP contribution in [-0.2, 0) is 16.8 Å². The summed E-state index contributed by atoms with van der Waals surface area (Å²) in [7, 11) is 0. The molecule has 0 aromatic carbocycles. The summed E-state index contributed by atoms with van der Waals surface area (Å²) in [6, 6.07) is 4.39. The molecule has 0 radical (unpaired) electrons. The van der Waals surface area contributed by atoms with Crippen LogP contribution in [0.3, 0.4) is 0 Å². The Bertz CT molecular complexity index is 817. The highest BCUT2D eigenvalue weighted by Gasteiger charge is 2.39. The highest BCUT2D eigenvalue weighted by Crippen LogP contribution is 2.40. The number of anilines is 1. The van der Waals surface area contributed by atoms with Gasteiger partial charge in [-0.2, -0.15) is 5.10 Å². The molecule has 1 N–H and O–H groups in total. The largest absolute Gasteiger partial charge is 0.312 e. The SMILES string of the molecule is CC.C[C@@H]1CN(CC(=O)N2CC(C)(C)c3cnc(Cn4cccn4)cc32)CCN1. The molecule has 1 amide bonds. The average molecular weight is 399 g/mol. The van der Waals surface area contributed by atoms with Crippen molar-refractivity contribution >= 4 is 11.6 Å². The summed E-state index contributed by atoms with van der Waals surface area (Å²) in [6.45, 7) is 15.1. The van der Waals surface area contributed by atoms with Crippen LogP contribution in [0.4, 0.5) is 5.69 Å². The van der Waals surface area contributed by atoms with Gasteiger partial charge in [-0.15, -0.1) is 0 Å². The Morgan fingerprint density at radius 1 is 1.34 bits per heavy atom. The molecule has 1 atom stereocenters. The first kappa shape index (κ1) is 21.5. The van der Waals surface area contributed by atoms with Gasteiger partial charge in [0.2, 0.25) is 5.91 Å². The summed E-state index contributed by atoms with van der Waals surface area (Å²) >= 11 is 0. The van der Waals surface area contributed by atoms with Crippen molar-refractivity contribution in [2.75, 3.05) is 37.6 Å². The molecule has 1 fully saturated rings. The van der Waals surface area contributed by atoms with Crippen molar-refractivity contribution in [1.29, 1.82) is 0 Å². The summed E-state index contributed by atoms with van der Waals surface area (Å²) in [5.74, 6) is 0.173. The summed E-state index contributed by atoms with van der Waals surface area (Å²) in [5, 5.41) is 7.68. The lowest BCUT2D eigenvalue weighted by Crippen LogP contribution is -2.52. The molecule has 0 spiro atoms. The van der Waals surface area contributed by atoms with Crippen LogP contribution in [0.25, 0.3) is 0 Å². The molecule has 7 heteroatoms. The van der Waals surface area contributed by atoms with E-state index < -0.39 is 0 Å². The third kappa shape index (κ3) is 4.85. The fourth-order valence-electron chi connectivity index (χ4n) is 4.10. The van der Waals surface area contributed by atoms with Crippen molar-refractivity contribution < 1.29 is 4.79 Å². The van der Waals surface area contributed by atoms with E-state index in [0.717, 1.165) is 36.6 Å². The molecule has 4 rings (SSSR count). The number of carbonyl (C=O) groups excluding carboxylic acids is 1. The van der Waals surface area contributed by atoms with Crippen molar-refractivity contribution in [2.24, 2.45) is 0 Å². The molecule has 1 saturated heterocycles. The molecule has 0 saturated carbocycles. The van der Waals surface area contributed by atoms with Gasteiger partial charge in [0.15, 0.2) is 0 Å². The third-order valence-electron chi connectivity index (χ3n) is 5.51. The molecule has 158 valence electrons. The Labute approximate surface area is 174 Å². The molecule has 2 aliphatic rings. The Morgan fingerprint density at radius 2 is 2.14 bits per heavy atom. The minimum atomic E-state index is -0.0844. The third-order valence-corrected chi connectivity index (χ3v) is 5.51. The number of hydrogen-bond acceptors (Lipinski definition) is 5. The number of carbonyl (C=O) groups is 1.